The lowest BCUT2D eigenvalue weighted by molar-refractivity contribution is -0.384. The van der Waals surface area contributed by atoms with Crippen LogP contribution in [-0.2, 0) is 17.8 Å². The summed E-state index contributed by atoms with van der Waals surface area (Å²) < 4.78 is 1.69. The van der Waals surface area contributed by atoms with E-state index in [0.717, 1.165) is 11.3 Å². The zero-order chi connectivity index (χ0) is 24.8. The number of nitrogens with zero attached hydrogens (tertiary/aromatic N) is 3. The van der Waals surface area contributed by atoms with E-state index in [1.165, 1.54) is 12.1 Å². The van der Waals surface area contributed by atoms with E-state index in [1.807, 2.05) is 36.4 Å². The summed E-state index contributed by atoms with van der Waals surface area (Å²) in [5.41, 5.74) is 4.05. The van der Waals surface area contributed by atoms with Crippen molar-refractivity contribution in [2.24, 2.45) is 0 Å². The van der Waals surface area contributed by atoms with E-state index in [2.05, 4.69) is 15.7 Å². The molecule has 0 bridgehead atoms. The summed E-state index contributed by atoms with van der Waals surface area (Å²) in [6.45, 7) is 0.267. The number of para-hydroxylation sites is 1. The van der Waals surface area contributed by atoms with Crippen LogP contribution in [0.4, 0.5) is 5.69 Å². The first-order chi connectivity index (χ1) is 16.9. The van der Waals surface area contributed by atoms with Crippen molar-refractivity contribution in [1.82, 2.24) is 20.4 Å². The van der Waals surface area contributed by atoms with Crippen LogP contribution in [0.25, 0.3) is 16.9 Å². The van der Waals surface area contributed by atoms with Crippen molar-refractivity contribution >= 4 is 17.5 Å². The molecule has 9 heteroatoms. The molecule has 3 aromatic carbocycles. The topological polar surface area (TPSA) is 119 Å². The molecule has 2 amide bonds. The highest BCUT2D eigenvalue weighted by molar-refractivity contribution is 5.94. The summed E-state index contributed by atoms with van der Waals surface area (Å²) in [6, 6.07) is 22.6. The van der Waals surface area contributed by atoms with Gasteiger partial charge in [0.2, 0.25) is 5.91 Å². The van der Waals surface area contributed by atoms with Gasteiger partial charge in [0.15, 0.2) is 0 Å². The standard InChI is InChI=1S/C26H23N5O4/c1-27-26(33)20-7-5-6-18(14-20)16-28-24(32)15-21-17-30(22-8-3-2-4-9-22)29-25(21)19-10-12-23(13-11-19)31(34)35/h2-14,17H,15-16H2,1H3,(H,27,33)(H,28,32). The number of carbonyl (C=O) groups is 2. The first-order valence-corrected chi connectivity index (χ1v) is 10.9. The molecule has 0 aliphatic carbocycles. The quantitative estimate of drug-likeness (QED) is 0.301. The lowest BCUT2D eigenvalue weighted by Crippen LogP contribution is -2.25. The molecule has 0 spiro atoms. The largest absolute Gasteiger partial charge is 0.355 e. The van der Waals surface area contributed by atoms with E-state index in [0.29, 0.717) is 22.4 Å². The molecule has 4 rings (SSSR count). The molecule has 4 aromatic rings. The molecule has 176 valence electrons. The van der Waals surface area contributed by atoms with Crippen LogP contribution in [0.2, 0.25) is 0 Å². The Hall–Kier alpha value is -4.79. The molecule has 1 aromatic heterocycles. The van der Waals surface area contributed by atoms with Crippen LogP contribution < -0.4 is 10.6 Å². The second kappa shape index (κ2) is 10.4. The van der Waals surface area contributed by atoms with Gasteiger partial charge in [0.25, 0.3) is 11.6 Å². The molecule has 2 N–H and O–H groups in total. The van der Waals surface area contributed by atoms with Crippen LogP contribution in [0.15, 0.2) is 85.1 Å². The van der Waals surface area contributed by atoms with Gasteiger partial charge in [-0.05, 0) is 42.0 Å². The molecule has 0 fully saturated rings. The van der Waals surface area contributed by atoms with Gasteiger partial charge in [0.05, 0.1) is 22.7 Å². The van der Waals surface area contributed by atoms with Gasteiger partial charge < -0.3 is 10.6 Å². The lowest BCUT2D eigenvalue weighted by Gasteiger charge is -2.07. The van der Waals surface area contributed by atoms with Gasteiger partial charge in [0, 0.05) is 48.6 Å². The average molecular weight is 470 g/mol. The van der Waals surface area contributed by atoms with Crippen molar-refractivity contribution in [3.05, 3.63) is 112 Å². The minimum atomic E-state index is -0.458. The maximum Gasteiger partial charge on any atom is 0.269 e. The number of rotatable bonds is 8. The van der Waals surface area contributed by atoms with Crippen LogP contribution in [0.3, 0.4) is 0 Å². The predicted molar refractivity (Wildman–Crippen MR) is 131 cm³/mol. The van der Waals surface area contributed by atoms with Gasteiger partial charge in [-0.25, -0.2) is 4.68 Å². The fourth-order valence-corrected chi connectivity index (χ4v) is 3.64. The molecule has 35 heavy (non-hydrogen) atoms. The van der Waals surface area contributed by atoms with E-state index in [9.17, 15) is 19.7 Å². The normalized spacial score (nSPS) is 10.5. The second-order valence-corrected chi connectivity index (χ2v) is 7.82. The third kappa shape index (κ3) is 5.59. The van der Waals surface area contributed by atoms with Crippen LogP contribution >= 0.6 is 0 Å². The van der Waals surface area contributed by atoms with Crippen molar-refractivity contribution in [2.45, 2.75) is 13.0 Å². The highest BCUT2D eigenvalue weighted by Gasteiger charge is 2.17. The Bertz CT molecular complexity index is 1360. The molecular formula is C26H23N5O4. The Balaban J connectivity index is 1.56. The van der Waals surface area contributed by atoms with Crippen LogP contribution in [0, 0.1) is 10.1 Å². The van der Waals surface area contributed by atoms with Crippen molar-refractivity contribution in [2.75, 3.05) is 7.05 Å². The highest BCUT2D eigenvalue weighted by atomic mass is 16.6. The molecule has 0 atom stereocenters. The number of carbonyl (C=O) groups excluding carboxylic acids is 2. The summed E-state index contributed by atoms with van der Waals surface area (Å²) in [6.07, 6.45) is 1.85. The van der Waals surface area contributed by atoms with Crippen LogP contribution in [0.1, 0.15) is 21.5 Å². The molecule has 0 radical (unpaired) electrons. The molecule has 1 heterocycles. The summed E-state index contributed by atoms with van der Waals surface area (Å²) in [5, 5.41) is 21.2. The van der Waals surface area contributed by atoms with Gasteiger partial charge in [-0.2, -0.15) is 5.10 Å². The Kier molecular flexibility index (Phi) is 6.96. The third-order valence-corrected chi connectivity index (χ3v) is 5.42. The van der Waals surface area contributed by atoms with Gasteiger partial charge in [-0.3, -0.25) is 19.7 Å². The number of amides is 2. The first kappa shape index (κ1) is 23.4. The summed E-state index contributed by atoms with van der Waals surface area (Å²) >= 11 is 0. The Morgan fingerprint density at radius 2 is 1.74 bits per heavy atom. The third-order valence-electron chi connectivity index (χ3n) is 5.42. The number of aromatic nitrogens is 2. The van der Waals surface area contributed by atoms with Crippen LogP contribution in [0.5, 0.6) is 0 Å². The van der Waals surface area contributed by atoms with Gasteiger partial charge in [0.1, 0.15) is 0 Å². The lowest BCUT2D eigenvalue weighted by atomic mass is 10.1. The molecule has 0 saturated heterocycles. The van der Waals surface area contributed by atoms with Crippen LogP contribution in [-0.4, -0.2) is 33.6 Å². The van der Waals surface area contributed by atoms with E-state index in [1.54, 1.807) is 48.3 Å². The van der Waals surface area contributed by atoms with Gasteiger partial charge >= 0.3 is 0 Å². The molecule has 0 aliphatic heterocycles. The zero-order valence-corrected chi connectivity index (χ0v) is 19.0. The summed E-state index contributed by atoms with van der Waals surface area (Å²) in [5.74, 6) is -0.412. The second-order valence-electron chi connectivity index (χ2n) is 7.82. The number of nitrogens with one attached hydrogen (secondary N) is 2. The summed E-state index contributed by atoms with van der Waals surface area (Å²) in [7, 11) is 1.56. The SMILES string of the molecule is CNC(=O)c1cccc(CNC(=O)Cc2cn(-c3ccccc3)nc2-c2ccc([N+](=O)[O-])cc2)c1. The fraction of sp³-hybridized carbons (Fsp3) is 0.115. The Morgan fingerprint density at radius 3 is 2.43 bits per heavy atom. The highest BCUT2D eigenvalue weighted by Crippen LogP contribution is 2.26. The van der Waals surface area contributed by atoms with Crippen molar-refractivity contribution in [3.8, 4) is 16.9 Å². The monoisotopic (exact) mass is 469 g/mol. The fourth-order valence-electron chi connectivity index (χ4n) is 3.64. The number of benzene rings is 3. The molecule has 0 aliphatic rings. The van der Waals surface area contributed by atoms with Gasteiger partial charge in [-0.1, -0.05) is 30.3 Å². The van der Waals surface area contributed by atoms with Crippen molar-refractivity contribution < 1.29 is 14.5 Å². The average Bonchev–Trinajstić information content (AvgIpc) is 3.31. The molecule has 0 unspecified atom stereocenters. The molecule has 0 saturated carbocycles. The number of nitro groups is 1. The van der Waals surface area contributed by atoms with Crippen molar-refractivity contribution in [1.29, 1.82) is 0 Å². The Morgan fingerprint density at radius 1 is 1.00 bits per heavy atom. The minimum absolute atomic E-state index is 0.0190. The number of hydrogen-bond donors (Lipinski definition) is 2. The smallest absolute Gasteiger partial charge is 0.269 e. The van der Waals surface area contributed by atoms with E-state index in [-0.39, 0.29) is 30.5 Å². The first-order valence-electron chi connectivity index (χ1n) is 10.9. The number of hydrogen-bond acceptors (Lipinski definition) is 5. The van der Waals surface area contributed by atoms with E-state index < -0.39 is 4.92 Å². The maximum atomic E-state index is 12.8. The molecular weight excluding hydrogens is 446 g/mol. The zero-order valence-electron chi connectivity index (χ0n) is 19.0. The van der Waals surface area contributed by atoms with Gasteiger partial charge in [-0.15, -0.1) is 0 Å². The Labute approximate surface area is 201 Å². The van der Waals surface area contributed by atoms with Crippen molar-refractivity contribution in [3.63, 3.8) is 0 Å². The predicted octanol–water partition coefficient (Wildman–Crippen LogP) is 3.67. The molecule has 9 nitrogen and oxygen atoms in total. The van der Waals surface area contributed by atoms with E-state index >= 15 is 0 Å². The van der Waals surface area contributed by atoms with E-state index in [4.69, 9.17) is 0 Å². The number of nitro benzene ring substituents is 1. The maximum absolute atomic E-state index is 12.8. The minimum Gasteiger partial charge on any atom is -0.355 e. The summed E-state index contributed by atoms with van der Waals surface area (Å²) in [4.78, 5) is 35.2. The number of non-ortho nitro benzene ring substituents is 1.